The molecule has 21 heavy (non-hydrogen) atoms. The average molecular weight is 300 g/mol. The zero-order valence-corrected chi connectivity index (χ0v) is 13.4. The first kappa shape index (κ1) is 16.5. The number of amides is 1. The molecule has 2 unspecified atom stereocenters. The first-order chi connectivity index (χ1) is 9.65. The molecule has 0 aromatic heterocycles. The van der Waals surface area contributed by atoms with Crippen LogP contribution in [0.2, 0.25) is 0 Å². The van der Waals surface area contributed by atoms with Crippen LogP contribution in [-0.2, 0) is 9.47 Å². The smallest absolute Gasteiger partial charge is 0.410 e. The highest BCUT2D eigenvalue weighted by Gasteiger charge is 2.51. The minimum atomic E-state index is -1.11. The lowest BCUT2D eigenvalue weighted by atomic mass is 9.72. The van der Waals surface area contributed by atoms with Gasteiger partial charge in [0, 0.05) is 13.2 Å². The summed E-state index contributed by atoms with van der Waals surface area (Å²) in [5.41, 5.74) is 3.97. The Labute approximate surface area is 126 Å². The van der Waals surface area contributed by atoms with E-state index in [1.165, 1.54) is 0 Å². The molecule has 0 bridgehead atoms. The van der Waals surface area contributed by atoms with Crippen LogP contribution in [0.1, 0.15) is 46.5 Å². The highest BCUT2D eigenvalue weighted by molar-refractivity contribution is 5.68. The van der Waals surface area contributed by atoms with Crippen molar-refractivity contribution in [3.05, 3.63) is 0 Å². The van der Waals surface area contributed by atoms with Crippen LogP contribution < -0.4 is 5.73 Å². The number of ether oxygens (including phenoxy) is 2. The molecule has 122 valence electrons. The second-order valence-electron chi connectivity index (χ2n) is 7.35. The van der Waals surface area contributed by atoms with E-state index in [4.69, 9.17) is 15.2 Å². The summed E-state index contributed by atoms with van der Waals surface area (Å²) in [6, 6.07) is 0. The topological polar surface area (TPSA) is 85.0 Å². The zero-order valence-electron chi connectivity index (χ0n) is 13.4. The molecule has 1 amide bonds. The molecule has 0 saturated carbocycles. The van der Waals surface area contributed by atoms with Gasteiger partial charge in [-0.15, -0.1) is 0 Å². The van der Waals surface area contributed by atoms with Crippen LogP contribution in [-0.4, -0.2) is 59.1 Å². The monoisotopic (exact) mass is 300 g/mol. The van der Waals surface area contributed by atoms with Gasteiger partial charge < -0.3 is 25.2 Å². The quantitative estimate of drug-likeness (QED) is 0.761. The Morgan fingerprint density at radius 3 is 2.62 bits per heavy atom. The lowest BCUT2D eigenvalue weighted by Crippen LogP contribution is -2.70. The summed E-state index contributed by atoms with van der Waals surface area (Å²) in [5.74, 6) is 0. The predicted octanol–water partition coefficient (Wildman–Crippen LogP) is 1.26. The van der Waals surface area contributed by atoms with E-state index < -0.39 is 16.7 Å². The number of carbonyl (C=O) groups excluding carboxylic acids is 1. The molecule has 0 spiro atoms. The van der Waals surface area contributed by atoms with E-state index in [9.17, 15) is 9.90 Å². The normalized spacial score (nSPS) is 34.6. The van der Waals surface area contributed by atoms with E-state index in [1.54, 1.807) is 4.90 Å². The van der Waals surface area contributed by atoms with Gasteiger partial charge in [0.25, 0.3) is 0 Å². The van der Waals surface area contributed by atoms with Crippen LogP contribution in [0, 0.1) is 0 Å². The van der Waals surface area contributed by atoms with E-state index in [2.05, 4.69) is 0 Å². The zero-order chi connectivity index (χ0) is 15.7. The van der Waals surface area contributed by atoms with Gasteiger partial charge in [0.2, 0.25) is 0 Å². The molecule has 0 radical (unpaired) electrons. The van der Waals surface area contributed by atoms with Crippen molar-refractivity contribution in [3.8, 4) is 0 Å². The number of hydrogen-bond donors (Lipinski definition) is 2. The minimum absolute atomic E-state index is 0.210. The molecule has 0 aromatic carbocycles. The van der Waals surface area contributed by atoms with Gasteiger partial charge in [-0.2, -0.15) is 0 Å². The summed E-state index contributed by atoms with van der Waals surface area (Å²) in [4.78, 5) is 13.8. The highest BCUT2D eigenvalue weighted by Crippen LogP contribution is 2.35. The van der Waals surface area contributed by atoms with Crippen molar-refractivity contribution in [3.63, 3.8) is 0 Å². The van der Waals surface area contributed by atoms with E-state index in [0.29, 0.717) is 39.0 Å². The number of nitrogens with two attached hydrogens (primary N) is 1. The number of β-amino-alcohol motifs (C(OH)–C–C–N with tert-alkyl or cyclic N) is 1. The van der Waals surface area contributed by atoms with Gasteiger partial charge in [0.15, 0.2) is 0 Å². The van der Waals surface area contributed by atoms with Crippen LogP contribution in [0.3, 0.4) is 0 Å². The summed E-state index contributed by atoms with van der Waals surface area (Å²) in [5, 5.41) is 11.0. The van der Waals surface area contributed by atoms with E-state index in [-0.39, 0.29) is 12.6 Å². The van der Waals surface area contributed by atoms with Crippen LogP contribution in [0.15, 0.2) is 0 Å². The van der Waals surface area contributed by atoms with Crippen LogP contribution in [0.4, 0.5) is 4.79 Å². The fraction of sp³-hybridized carbons (Fsp3) is 0.933. The van der Waals surface area contributed by atoms with Gasteiger partial charge in [0.1, 0.15) is 11.2 Å². The highest BCUT2D eigenvalue weighted by atomic mass is 16.6. The Morgan fingerprint density at radius 1 is 1.33 bits per heavy atom. The molecular weight excluding hydrogens is 272 g/mol. The Bertz CT molecular complexity index is 388. The SMILES string of the molecule is CC(C)(C)OC(=O)N1CCCC(O)(C2(N)CCCOC2)C1. The number of nitrogens with zero attached hydrogens (tertiary/aromatic N) is 1. The lowest BCUT2D eigenvalue weighted by molar-refractivity contribution is -0.127. The molecule has 2 aliphatic heterocycles. The third kappa shape index (κ3) is 3.67. The molecule has 2 aliphatic rings. The van der Waals surface area contributed by atoms with Gasteiger partial charge in [-0.25, -0.2) is 4.79 Å². The largest absolute Gasteiger partial charge is 0.444 e. The van der Waals surface area contributed by atoms with Crippen LogP contribution in [0.25, 0.3) is 0 Å². The van der Waals surface area contributed by atoms with Gasteiger partial charge in [-0.1, -0.05) is 0 Å². The number of likely N-dealkylation sites (tertiary alicyclic amines) is 1. The van der Waals surface area contributed by atoms with E-state index in [0.717, 1.165) is 6.42 Å². The average Bonchev–Trinajstić information content (AvgIpc) is 2.37. The van der Waals surface area contributed by atoms with E-state index in [1.807, 2.05) is 20.8 Å². The Balaban J connectivity index is 2.07. The van der Waals surface area contributed by atoms with Crippen molar-refractivity contribution in [2.24, 2.45) is 5.73 Å². The van der Waals surface area contributed by atoms with Gasteiger partial charge in [-0.3, -0.25) is 0 Å². The van der Waals surface area contributed by atoms with Crippen LogP contribution >= 0.6 is 0 Å². The van der Waals surface area contributed by atoms with Crippen molar-refractivity contribution in [1.82, 2.24) is 4.90 Å². The fourth-order valence-electron chi connectivity index (χ4n) is 3.11. The Morgan fingerprint density at radius 2 is 2.05 bits per heavy atom. The van der Waals surface area contributed by atoms with Crippen molar-refractivity contribution in [2.75, 3.05) is 26.3 Å². The summed E-state index contributed by atoms with van der Waals surface area (Å²) in [6.45, 7) is 7.33. The molecule has 0 aliphatic carbocycles. The molecule has 2 saturated heterocycles. The summed E-state index contributed by atoms with van der Waals surface area (Å²) in [7, 11) is 0. The number of piperidine rings is 1. The third-order valence-electron chi connectivity index (χ3n) is 4.32. The number of hydrogen-bond acceptors (Lipinski definition) is 5. The minimum Gasteiger partial charge on any atom is -0.444 e. The number of aliphatic hydroxyl groups is 1. The number of rotatable bonds is 1. The van der Waals surface area contributed by atoms with E-state index >= 15 is 0 Å². The Kier molecular flexibility index (Phi) is 4.52. The van der Waals surface area contributed by atoms with Gasteiger partial charge >= 0.3 is 6.09 Å². The van der Waals surface area contributed by atoms with Crippen molar-refractivity contribution in [2.45, 2.75) is 63.2 Å². The summed E-state index contributed by atoms with van der Waals surface area (Å²) < 4.78 is 10.9. The second-order valence-corrected chi connectivity index (χ2v) is 7.35. The number of carbonyl (C=O) groups is 1. The maximum Gasteiger partial charge on any atom is 0.410 e. The van der Waals surface area contributed by atoms with Gasteiger partial charge in [-0.05, 0) is 46.5 Å². The molecule has 2 heterocycles. The molecule has 6 nitrogen and oxygen atoms in total. The molecule has 2 rings (SSSR count). The first-order valence-electron chi connectivity index (χ1n) is 7.72. The molecule has 2 fully saturated rings. The van der Waals surface area contributed by atoms with Crippen molar-refractivity contribution in [1.29, 1.82) is 0 Å². The molecule has 6 heteroatoms. The third-order valence-corrected chi connectivity index (χ3v) is 4.32. The lowest BCUT2D eigenvalue weighted by Gasteiger charge is -2.50. The summed E-state index contributed by atoms with van der Waals surface area (Å²) in [6.07, 6.45) is 2.47. The first-order valence-corrected chi connectivity index (χ1v) is 7.72. The molecule has 0 aromatic rings. The standard InChI is InChI=1S/C15H28N2O4/c1-13(2,3)21-12(18)17-8-4-7-15(19,10-17)14(16)6-5-9-20-11-14/h19H,4-11,16H2,1-3H3. The van der Waals surface area contributed by atoms with Crippen molar-refractivity contribution >= 4 is 6.09 Å². The van der Waals surface area contributed by atoms with Crippen LogP contribution in [0.5, 0.6) is 0 Å². The van der Waals surface area contributed by atoms with Gasteiger partial charge in [0.05, 0.1) is 18.7 Å². The molecule has 3 N–H and O–H groups in total. The van der Waals surface area contributed by atoms with Crippen molar-refractivity contribution < 1.29 is 19.4 Å². The molecule has 2 atom stereocenters. The maximum atomic E-state index is 12.2. The maximum absolute atomic E-state index is 12.2. The summed E-state index contributed by atoms with van der Waals surface area (Å²) >= 11 is 0. The Hall–Kier alpha value is -0.850. The second kappa shape index (κ2) is 5.74. The predicted molar refractivity (Wildman–Crippen MR) is 79.0 cm³/mol. The fourth-order valence-corrected chi connectivity index (χ4v) is 3.11. The molecular formula is C15H28N2O4.